The third kappa shape index (κ3) is 2.95. The van der Waals surface area contributed by atoms with E-state index in [1.54, 1.807) is 0 Å². The molecule has 2 heterocycles. The Morgan fingerprint density at radius 1 is 1.56 bits per heavy atom. The molecule has 4 heteroatoms. The standard InChI is InChI=1S/C12H17BrN2O/c1-8-5-11(13)12(14-7-8)15-10-3-4-16-9(2)6-10/h5,7,9-10H,3-4,6H2,1-2H3,(H,14,15). The Bertz CT molecular complexity index is 370. The normalized spacial score (nSPS) is 25.4. The number of halogens is 1. The summed E-state index contributed by atoms with van der Waals surface area (Å²) in [4.78, 5) is 4.40. The van der Waals surface area contributed by atoms with Crippen molar-refractivity contribution in [2.24, 2.45) is 0 Å². The molecule has 1 fully saturated rings. The van der Waals surface area contributed by atoms with Crippen LogP contribution in [0.5, 0.6) is 0 Å². The molecule has 1 aromatic heterocycles. The Labute approximate surface area is 105 Å². The monoisotopic (exact) mass is 284 g/mol. The molecule has 1 aliphatic heterocycles. The van der Waals surface area contributed by atoms with E-state index in [2.05, 4.69) is 39.2 Å². The van der Waals surface area contributed by atoms with Gasteiger partial charge in [0.15, 0.2) is 0 Å². The molecule has 0 aliphatic carbocycles. The molecule has 0 saturated carbocycles. The average molecular weight is 285 g/mol. The van der Waals surface area contributed by atoms with Crippen LogP contribution in [-0.4, -0.2) is 23.7 Å². The Hall–Kier alpha value is -0.610. The summed E-state index contributed by atoms with van der Waals surface area (Å²) in [5, 5.41) is 3.47. The minimum absolute atomic E-state index is 0.343. The van der Waals surface area contributed by atoms with Gasteiger partial charge in [0.25, 0.3) is 0 Å². The zero-order valence-electron chi connectivity index (χ0n) is 9.66. The summed E-state index contributed by atoms with van der Waals surface area (Å²) in [7, 11) is 0. The van der Waals surface area contributed by atoms with E-state index in [0.29, 0.717) is 12.1 Å². The van der Waals surface area contributed by atoms with Crippen LogP contribution in [0.3, 0.4) is 0 Å². The van der Waals surface area contributed by atoms with Crippen LogP contribution in [-0.2, 0) is 4.74 Å². The number of nitrogens with one attached hydrogen (secondary N) is 1. The second-order valence-electron chi connectivity index (χ2n) is 4.39. The maximum Gasteiger partial charge on any atom is 0.140 e. The highest BCUT2D eigenvalue weighted by molar-refractivity contribution is 9.10. The Balaban J connectivity index is 2.02. The molecular formula is C12H17BrN2O. The summed E-state index contributed by atoms with van der Waals surface area (Å²) in [5.74, 6) is 0.935. The number of hydrogen-bond donors (Lipinski definition) is 1. The van der Waals surface area contributed by atoms with Crippen LogP contribution in [0, 0.1) is 6.92 Å². The van der Waals surface area contributed by atoms with Gasteiger partial charge in [0.2, 0.25) is 0 Å². The molecule has 1 N–H and O–H groups in total. The van der Waals surface area contributed by atoms with E-state index < -0.39 is 0 Å². The molecule has 1 saturated heterocycles. The van der Waals surface area contributed by atoms with E-state index in [9.17, 15) is 0 Å². The summed E-state index contributed by atoms with van der Waals surface area (Å²) >= 11 is 3.53. The molecule has 2 atom stereocenters. The predicted octanol–water partition coefficient (Wildman–Crippen LogP) is 3.13. The van der Waals surface area contributed by atoms with Gasteiger partial charge in [-0.05, 0) is 54.2 Å². The zero-order valence-corrected chi connectivity index (χ0v) is 11.3. The molecule has 88 valence electrons. The van der Waals surface area contributed by atoms with Crippen molar-refractivity contribution in [2.75, 3.05) is 11.9 Å². The number of anilines is 1. The minimum atomic E-state index is 0.343. The number of aromatic nitrogens is 1. The van der Waals surface area contributed by atoms with Gasteiger partial charge in [-0.25, -0.2) is 4.98 Å². The number of aryl methyl sites for hydroxylation is 1. The lowest BCUT2D eigenvalue weighted by Gasteiger charge is -2.28. The van der Waals surface area contributed by atoms with Crippen molar-refractivity contribution in [3.63, 3.8) is 0 Å². The van der Waals surface area contributed by atoms with Gasteiger partial charge >= 0.3 is 0 Å². The highest BCUT2D eigenvalue weighted by atomic mass is 79.9. The van der Waals surface area contributed by atoms with Gasteiger partial charge in [0.05, 0.1) is 10.6 Å². The Morgan fingerprint density at radius 3 is 3.06 bits per heavy atom. The maximum atomic E-state index is 5.52. The van der Waals surface area contributed by atoms with Crippen LogP contribution >= 0.6 is 15.9 Å². The number of nitrogens with zero attached hydrogens (tertiary/aromatic N) is 1. The first-order chi connectivity index (χ1) is 7.65. The largest absolute Gasteiger partial charge is 0.378 e. The Morgan fingerprint density at radius 2 is 2.38 bits per heavy atom. The van der Waals surface area contributed by atoms with E-state index in [1.165, 1.54) is 0 Å². The predicted molar refractivity (Wildman–Crippen MR) is 68.7 cm³/mol. The summed E-state index contributed by atoms with van der Waals surface area (Å²) in [6.07, 6.45) is 4.32. The fourth-order valence-electron chi connectivity index (χ4n) is 1.96. The second kappa shape index (κ2) is 5.15. The highest BCUT2D eigenvalue weighted by Crippen LogP contribution is 2.24. The van der Waals surface area contributed by atoms with Gasteiger partial charge in [-0.3, -0.25) is 0 Å². The van der Waals surface area contributed by atoms with Crippen LogP contribution in [0.25, 0.3) is 0 Å². The molecular weight excluding hydrogens is 268 g/mol. The molecule has 2 unspecified atom stereocenters. The van der Waals surface area contributed by atoms with E-state index in [4.69, 9.17) is 4.74 Å². The van der Waals surface area contributed by atoms with Crippen LogP contribution in [0.1, 0.15) is 25.3 Å². The molecule has 2 rings (SSSR count). The highest BCUT2D eigenvalue weighted by Gasteiger charge is 2.19. The van der Waals surface area contributed by atoms with Crippen molar-refractivity contribution >= 4 is 21.7 Å². The van der Waals surface area contributed by atoms with Gasteiger partial charge in [0, 0.05) is 18.8 Å². The smallest absolute Gasteiger partial charge is 0.140 e. The lowest BCUT2D eigenvalue weighted by molar-refractivity contribution is 0.0231. The van der Waals surface area contributed by atoms with Crippen LogP contribution < -0.4 is 5.32 Å². The van der Waals surface area contributed by atoms with E-state index in [1.807, 2.05) is 13.1 Å². The molecule has 0 spiro atoms. The lowest BCUT2D eigenvalue weighted by Crippen LogP contribution is -2.32. The lowest BCUT2D eigenvalue weighted by atomic mass is 10.0. The van der Waals surface area contributed by atoms with Gasteiger partial charge in [-0.1, -0.05) is 0 Å². The molecule has 0 aromatic carbocycles. The summed E-state index contributed by atoms with van der Waals surface area (Å²) < 4.78 is 6.56. The summed E-state index contributed by atoms with van der Waals surface area (Å²) in [6, 6.07) is 2.55. The van der Waals surface area contributed by atoms with Gasteiger partial charge < -0.3 is 10.1 Å². The second-order valence-corrected chi connectivity index (χ2v) is 5.24. The topological polar surface area (TPSA) is 34.2 Å². The van der Waals surface area contributed by atoms with E-state index in [-0.39, 0.29) is 0 Å². The SMILES string of the molecule is Cc1cnc(NC2CCOC(C)C2)c(Br)c1. The van der Waals surface area contributed by atoms with E-state index >= 15 is 0 Å². The first-order valence-corrected chi connectivity index (χ1v) is 6.44. The molecule has 0 radical (unpaired) electrons. The molecule has 1 aliphatic rings. The van der Waals surface area contributed by atoms with Gasteiger partial charge in [-0.15, -0.1) is 0 Å². The van der Waals surface area contributed by atoms with Crippen molar-refractivity contribution in [1.82, 2.24) is 4.98 Å². The number of ether oxygens (including phenoxy) is 1. The average Bonchev–Trinajstić information content (AvgIpc) is 2.22. The Kier molecular flexibility index (Phi) is 3.82. The van der Waals surface area contributed by atoms with Crippen LogP contribution in [0.4, 0.5) is 5.82 Å². The molecule has 3 nitrogen and oxygen atoms in total. The maximum absolute atomic E-state index is 5.52. The molecule has 0 bridgehead atoms. The van der Waals surface area contributed by atoms with Gasteiger partial charge in [-0.2, -0.15) is 0 Å². The fraction of sp³-hybridized carbons (Fsp3) is 0.583. The third-order valence-electron chi connectivity index (χ3n) is 2.80. The summed E-state index contributed by atoms with van der Waals surface area (Å²) in [5.41, 5.74) is 1.16. The van der Waals surface area contributed by atoms with E-state index in [0.717, 1.165) is 35.3 Å². The molecule has 0 amide bonds. The zero-order chi connectivity index (χ0) is 11.5. The minimum Gasteiger partial charge on any atom is -0.378 e. The fourth-order valence-corrected chi connectivity index (χ4v) is 2.54. The first-order valence-electron chi connectivity index (χ1n) is 5.65. The number of rotatable bonds is 2. The van der Waals surface area contributed by atoms with Crippen molar-refractivity contribution in [3.8, 4) is 0 Å². The van der Waals surface area contributed by atoms with Crippen molar-refractivity contribution in [1.29, 1.82) is 0 Å². The van der Waals surface area contributed by atoms with Crippen molar-refractivity contribution in [2.45, 2.75) is 38.8 Å². The summed E-state index contributed by atoms with van der Waals surface area (Å²) in [6.45, 7) is 4.99. The third-order valence-corrected chi connectivity index (χ3v) is 3.41. The number of hydrogen-bond acceptors (Lipinski definition) is 3. The molecule has 16 heavy (non-hydrogen) atoms. The quantitative estimate of drug-likeness (QED) is 0.906. The first kappa shape index (κ1) is 11.9. The van der Waals surface area contributed by atoms with Crippen molar-refractivity contribution < 1.29 is 4.74 Å². The van der Waals surface area contributed by atoms with Crippen LogP contribution in [0.2, 0.25) is 0 Å². The van der Waals surface area contributed by atoms with Gasteiger partial charge in [0.1, 0.15) is 5.82 Å². The van der Waals surface area contributed by atoms with Crippen molar-refractivity contribution in [3.05, 3.63) is 22.3 Å². The number of pyridine rings is 1. The van der Waals surface area contributed by atoms with Crippen LogP contribution in [0.15, 0.2) is 16.7 Å². The molecule has 1 aromatic rings.